The Labute approximate surface area is 148 Å². The maximum absolute atomic E-state index is 13.3. The van der Waals surface area contributed by atoms with Crippen LogP contribution in [-0.4, -0.2) is 25.4 Å². The third-order valence-corrected chi connectivity index (χ3v) is 3.84. The summed E-state index contributed by atoms with van der Waals surface area (Å²) in [6, 6.07) is 5.52. The van der Waals surface area contributed by atoms with E-state index in [1.807, 2.05) is 0 Å². The van der Waals surface area contributed by atoms with E-state index in [1.165, 1.54) is 41.4 Å². The number of carbonyl (C=O) groups is 1. The molecule has 7 nitrogen and oxygen atoms in total. The van der Waals surface area contributed by atoms with Crippen molar-refractivity contribution in [2.24, 2.45) is 0 Å². The average Bonchev–Trinajstić information content (AvgIpc) is 2.63. The van der Waals surface area contributed by atoms with Crippen LogP contribution in [0.25, 0.3) is 11.5 Å². The van der Waals surface area contributed by atoms with Crippen LogP contribution in [0.1, 0.15) is 11.3 Å². The van der Waals surface area contributed by atoms with Crippen molar-refractivity contribution in [2.45, 2.75) is 20.4 Å². The zero-order valence-electron chi connectivity index (χ0n) is 14.2. The Morgan fingerprint density at radius 1 is 1.27 bits per heavy atom. The molecule has 0 radical (unpaired) electrons. The number of halogens is 1. The lowest BCUT2D eigenvalue weighted by atomic mass is 10.2. The third-order valence-electron chi connectivity index (χ3n) is 3.84. The van der Waals surface area contributed by atoms with Crippen molar-refractivity contribution in [2.75, 3.05) is 5.32 Å². The van der Waals surface area contributed by atoms with E-state index in [-0.39, 0.29) is 17.9 Å². The summed E-state index contributed by atoms with van der Waals surface area (Å²) in [4.78, 5) is 37.6. The quantitative estimate of drug-likeness (QED) is 0.776. The molecule has 0 spiro atoms. The van der Waals surface area contributed by atoms with Gasteiger partial charge in [0.25, 0.3) is 5.56 Å². The second-order valence-electron chi connectivity index (χ2n) is 5.69. The normalized spacial score (nSPS) is 10.6. The predicted molar refractivity (Wildman–Crippen MR) is 94.0 cm³/mol. The lowest BCUT2D eigenvalue weighted by molar-refractivity contribution is -0.116. The van der Waals surface area contributed by atoms with Crippen LogP contribution in [0.4, 0.5) is 10.1 Å². The molecule has 0 aliphatic rings. The zero-order chi connectivity index (χ0) is 18.7. The number of anilines is 1. The van der Waals surface area contributed by atoms with Crippen LogP contribution in [0, 0.1) is 19.7 Å². The lowest BCUT2D eigenvalue weighted by Crippen LogP contribution is -2.32. The number of aryl methyl sites for hydroxylation is 1. The van der Waals surface area contributed by atoms with Gasteiger partial charge in [0, 0.05) is 29.3 Å². The predicted octanol–water partition coefficient (Wildman–Crippen LogP) is 2.09. The highest BCUT2D eigenvalue weighted by atomic mass is 19.1. The van der Waals surface area contributed by atoms with E-state index in [4.69, 9.17) is 0 Å². The van der Waals surface area contributed by atoms with E-state index in [0.29, 0.717) is 22.6 Å². The van der Waals surface area contributed by atoms with Crippen molar-refractivity contribution in [3.63, 3.8) is 0 Å². The van der Waals surface area contributed by atoms with Crippen LogP contribution in [0.3, 0.4) is 0 Å². The second-order valence-corrected chi connectivity index (χ2v) is 5.69. The van der Waals surface area contributed by atoms with E-state index in [1.54, 1.807) is 19.9 Å². The molecule has 8 heteroatoms. The van der Waals surface area contributed by atoms with E-state index >= 15 is 0 Å². The summed E-state index contributed by atoms with van der Waals surface area (Å²) in [5.41, 5.74) is 1.34. The molecular formula is C18H16FN5O2. The molecule has 2 heterocycles. The zero-order valence-corrected chi connectivity index (χ0v) is 14.2. The molecule has 26 heavy (non-hydrogen) atoms. The van der Waals surface area contributed by atoms with Crippen LogP contribution in [0.2, 0.25) is 0 Å². The summed E-state index contributed by atoms with van der Waals surface area (Å²) in [6.07, 6.45) is 4.45. The number of aromatic nitrogens is 4. The molecule has 0 saturated carbocycles. The maximum Gasteiger partial charge on any atom is 0.257 e. The lowest BCUT2D eigenvalue weighted by Gasteiger charge is -2.14. The number of carbonyl (C=O) groups excluding carboxylic acids is 1. The van der Waals surface area contributed by atoms with Crippen molar-refractivity contribution in [1.29, 1.82) is 0 Å². The largest absolute Gasteiger partial charge is 0.324 e. The maximum atomic E-state index is 13.3. The van der Waals surface area contributed by atoms with Crippen molar-refractivity contribution in [1.82, 2.24) is 19.5 Å². The van der Waals surface area contributed by atoms with Crippen molar-refractivity contribution < 1.29 is 9.18 Å². The first-order chi connectivity index (χ1) is 12.5. The van der Waals surface area contributed by atoms with E-state index in [9.17, 15) is 14.0 Å². The van der Waals surface area contributed by atoms with Crippen molar-refractivity contribution >= 4 is 11.6 Å². The molecule has 3 aromatic rings. The van der Waals surface area contributed by atoms with Gasteiger partial charge < -0.3 is 5.32 Å². The number of hydrogen-bond acceptors (Lipinski definition) is 5. The third kappa shape index (κ3) is 3.64. The van der Waals surface area contributed by atoms with E-state index in [2.05, 4.69) is 20.3 Å². The summed E-state index contributed by atoms with van der Waals surface area (Å²) in [6.45, 7) is 3.08. The summed E-state index contributed by atoms with van der Waals surface area (Å²) in [5, 5.41) is 2.57. The molecule has 1 aromatic carbocycles. The molecule has 0 atom stereocenters. The Balaban J connectivity index is 1.97. The topological polar surface area (TPSA) is 89.8 Å². The molecule has 1 N–H and O–H groups in total. The molecule has 3 rings (SSSR count). The van der Waals surface area contributed by atoms with Gasteiger partial charge in [0.15, 0.2) is 5.82 Å². The number of amides is 1. The number of benzene rings is 1. The van der Waals surface area contributed by atoms with Crippen LogP contribution in [0.15, 0.2) is 47.7 Å². The molecule has 132 valence electrons. The summed E-state index contributed by atoms with van der Waals surface area (Å²) in [7, 11) is 0. The van der Waals surface area contributed by atoms with Crippen LogP contribution < -0.4 is 10.9 Å². The smallest absolute Gasteiger partial charge is 0.257 e. The summed E-state index contributed by atoms with van der Waals surface area (Å²) < 4.78 is 14.5. The minimum absolute atomic E-state index is 0.251. The fourth-order valence-corrected chi connectivity index (χ4v) is 2.42. The minimum Gasteiger partial charge on any atom is -0.324 e. The van der Waals surface area contributed by atoms with Crippen LogP contribution >= 0.6 is 0 Å². The number of nitrogens with one attached hydrogen (secondary N) is 1. The Morgan fingerprint density at radius 3 is 2.77 bits per heavy atom. The van der Waals surface area contributed by atoms with Gasteiger partial charge in [0.2, 0.25) is 5.91 Å². The van der Waals surface area contributed by atoms with Gasteiger partial charge in [-0.25, -0.2) is 14.4 Å². The van der Waals surface area contributed by atoms with Gasteiger partial charge in [-0.05, 0) is 32.0 Å². The fraction of sp³-hybridized carbons (Fsp3) is 0.167. The molecule has 0 fully saturated rings. The van der Waals surface area contributed by atoms with Gasteiger partial charge >= 0.3 is 0 Å². The van der Waals surface area contributed by atoms with Gasteiger partial charge in [-0.3, -0.25) is 19.1 Å². The van der Waals surface area contributed by atoms with Gasteiger partial charge in [-0.1, -0.05) is 6.07 Å². The number of rotatable bonds is 4. The average molecular weight is 353 g/mol. The Hall–Kier alpha value is -3.42. The summed E-state index contributed by atoms with van der Waals surface area (Å²) in [5.74, 6) is -0.693. The molecular weight excluding hydrogens is 337 g/mol. The van der Waals surface area contributed by atoms with Crippen molar-refractivity contribution in [3.8, 4) is 11.5 Å². The first kappa shape index (κ1) is 17.4. The Bertz CT molecular complexity index is 1020. The summed E-state index contributed by atoms with van der Waals surface area (Å²) >= 11 is 0. The van der Waals surface area contributed by atoms with Gasteiger partial charge in [0.05, 0.1) is 6.20 Å². The van der Waals surface area contributed by atoms with Gasteiger partial charge in [-0.2, -0.15) is 0 Å². The van der Waals surface area contributed by atoms with E-state index in [0.717, 1.165) is 0 Å². The van der Waals surface area contributed by atoms with Gasteiger partial charge in [0.1, 0.15) is 18.1 Å². The molecule has 0 bridgehead atoms. The fourth-order valence-electron chi connectivity index (χ4n) is 2.42. The minimum atomic E-state index is -0.479. The number of nitrogens with zero attached hydrogens (tertiary/aromatic N) is 4. The Kier molecular flexibility index (Phi) is 4.83. The molecule has 0 aliphatic heterocycles. The SMILES string of the molecule is Cc1nc(-c2cnccn2)n(CC(=O)Nc2cccc(F)c2)c(=O)c1C. The monoisotopic (exact) mass is 353 g/mol. The first-order valence-electron chi connectivity index (χ1n) is 7.85. The molecule has 2 aromatic heterocycles. The standard InChI is InChI=1S/C18H16FN5O2/c1-11-12(2)22-17(15-9-20-6-7-21-15)24(18(11)26)10-16(25)23-14-5-3-4-13(19)8-14/h3-9H,10H2,1-2H3,(H,23,25). The van der Waals surface area contributed by atoms with Crippen LogP contribution in [0.5, 0.6) is 0 Å². The molecule has 1 amide bonds. The highest BCUT2D eigenvalue weighted by Gasteiger charge is 2.17. The highest BCUT2D eigenvalue weighted by Crippen LogP contribution is 2.14. The molecule has 0 unspecified atom stereocenters. The molecule has 0 aliphatic carbocycles. The number of hydrogen-bond donors (Lipinski definition) is 1. The van der Waals surface area contributed by atoms with Crippen LogP contribution in [-0.2, 0) is 11.3 Å². The van der Waals surface area contributed by atoms with Gasteiger partial charge in [-0.15, -0.1) is 0 Å². The highest BCUT2D eigenvalue weighted by molar-refractivity contribution is 5.90. The van der Waals surface area contributed by atoms with E-state index < -0.39 is 11.7 Å². The molecule has 0 saturated heterocycles. The first-order valence-corrected chi connectivity index (χ1v) is 7.85. The van der Waals surface area contributed by atoms with Crippen molar-refractivity contribution in [3.05, 3.63) is 70.3 Å². The Morgan fingerprint density at radius 2 is 2.08 bits per heavy atom. The second kappa shape index (κ2) is 7.22.